The van der Waals surface area contributed by atoms with Crippen LogP contribution in [0.1, 0.15) is 10.4 Å². The summed E-state index contributed by atoms with van der Waals surface area (Å²) in [6.45, 7) is 1.50. The number of hydrogen-bond acceptors (Lipinski definition) is 3. The molecule has 1 aromatic rings. The third-order valence-corrected chi connectivity index (χ3v) is 3.04. The van der Waals surface area contributed by atoms with Crippen molar-refractivity contribution in [3.8, 4) is 5.75 Å². The summed E-state index contributed by atoms with van der Waals surface area (Å²) in [5.74, 6) is -0.617. The second-order valence-electron chi connectivity index (χ2n) is 4.05. The van der Waals surface area contributed by atoms with Gasteiger partial charge < -0.3 is 15.0 Å². The highest BCUT2D eigenvalue weighted by molar-refractivity contribution is 5.97. The van der Waals surface area contributed by atoms with Gasteiger partial charge in [0.05, 0.1) is 13.2 Å². The number of benzene rings is 1. The van der Waals surface area contributed by atoms with Crippen LogP contribution in [0, 0.1) is 5.82 Å². The summed E-state index contributed by atoms with van der Waals surface area (Å²) >= 11 is 0. The molecule has 0 aromatic heterocycles. The molecule has 1 N–H and O–H groups in total. The average molecular weight is 238 g/mol. The Morgan fingerprint density at radius 3 is 2.76 bits per heavy atom. The predicted octanol–water partition coefficient (Wildman–Crippen LogP) is 0.878. The number of amides is 1. The fraction of sp³-hybridized carbons (Fsp3) is 0.417. The van der Waals surface area contributed by atoms with E-state index in [0.717, 1.165) is 13.1 Å². The summed E-state index contributed by atoms with van der Waals surface area (Å²) in [6.07, 6.45) is 0. The molecule has 1 fully saturated rings. The number of hydrogen-bond donors (Lipinski definition) is 1. The minimum atomic E-state index is -0.548. The summed E-state index contributed by atoms with van der Waals surface area (Å²) in [4.78, 5) is 13.7. The van der Waals surface area contributed by atoms with Gasteiger partial charge in [0, 0.05) is 20.1 Å². The van der Waals surface area contributed by atoms with E-state index in [0.29, 0.717) is 0 Å². The van der Waals surface area contributed by atoms with E-state index in [1.165, 1.54) is 19.2 Å². The normalized spacial score (nSPS) is 15.2. The number of halogens is 1. The van der Waals surface area contributed by atoms with Crippen LogP contribution in [0.5, 0.6) is 5.75 Å². The molecule has 0 spiro atoms. The summed E-state index contributed by atoms with van der Waals surface area (Å²) in [5, 5.41) is 3.07. The Morgan fingerprint density at radius 1 is 1.53 bits per heavy atom. The minimum absolute atomic E-state index is 0.00407. The van der Waals surface area contributed by atoms with E-state index in [4.69, 9.17) is 4.74 Å². The summed E-state index contributed by atoms with van der Waals surface area (Å²) in [6, 6.07) is 4.51. The monoisotopic (exact) mass is 238 g/mol. The Morgan fingerprint density at radius 2 is 2.24 bits per heavy atom. The molecule has 0 bridgehead atoms. The van der Waals surface area contributed by atoms with Crippen molar-refractivity contribution in [3.63, 3.8) is 0 Å². The molecule has 1 saturated heterocycles. The molecule has 0 aliphatic carbocycles. The van der Waals surface area contributed by atoms with E-state index in [1.807, 2.05) is 0 Å². The number of nitrogens with one attached hydrogen (secondary N) is 1. The van der Waals surface area contributed by atoms with Crippen molar-refractivity contribution < 1.29 is 13.9 Å². The predicted molar refractivity (Wildman–Crippen MR) is 61.7 cm³/mol. The highest BCUT2D eigenvalue weighted by Gasteiger charge is 2.29. The zero-order chi connectivity index (χ0) is 12.4. The lowest BCUT2D eigenvalue weighted by atomic mass is 10.1. The van der Waals surface area contributed by atoms with Crippen molar-refractivity contribution in [2.24, 2.45) is 0 Å². The standard InChI is InChI=1S/C12H15FN2O2/c1-15(8-6-14-7-8)12(16)11-9(13)4-3-5-10(11)17-2/h3-5,8,14H,6-7H2,1-2H3. The van der Waals surface area contributed by atoms with E-state index in [2.05, 4.69) is 5.32 Å². The lowest BCUT2D eigenvalue weighted by molar-refractivity contribution is 0.0673. The van der Waals surface area contributed by atoms with E-state index in [9.17, 15) is 9.18 Å². The maximum Gasteiger partial charge on any atom is 0.260 e. The number of rotatable bonds is 3. The number of carbonyl (C=O) groups is 1. The van der Waals surface area contributed by atoms with E-state index in [-0.39, 0.29) is 23.3 Å². The molecule has 1 aromatic carbocycles. The minimum Gasteiger partial charge on any atom is -0.496 e. The summed E-state index contributed by atoms with van der Waals surface area (Å²) in [7, 11) is 3.11. The van der Waals surface area contributed by atoms with Gasteiger partial charge in [0.1, 0.15) is 17.1 Å². The van der Waals surface area contributed by atoms with Gasteiger partial charge in [-0.15, -0.1) is 0 Å². The van der Waals surface area contributed by atoms with Crippen molar-refractivity contribution >= 4 is 5.91 Å². The van der Waals surface area contributed by atoms with E-state index in [1.54, 1.807) is 18.0 Å². The van der Waals surface area contributed by atoms with Gasteiger partial charge in [-0.25, -0.2) is 4.39 Å². The third kappa shape index (κ3) is 2.10. The zero-order valence-corrected chi connectivity index (χ0v) is 9.87. The first-order valence-corrected chi connectivity index (χ1v) is 5.45. The topological polar surface area (TPSA) is 41.6 Å². The highest BCUT2D eigenvalue weighted by atomic mass is 19.1. The van der Waals surface area contributed by atoms with Crippen molar-refractivity contribution in [2.75, 3.05) is 27.2 Å². The van der Waals surface area contributed by atoms with Crippen molar-refractivity contribution in [3.05, 3.63) is 29.6 Å². The average Bonchev–Trinajstić information content (AvgIpc) is 2.25. The molecule has 1 amide bonds. The molecular weight excluding hydrogens is 223 g/mol. The van der Waals surface area contributed by atoms with Crippen LogP contribution in [-0.2, 0) is 0 Å². The smallest absolute Gasteiger partial charge is 0.260 e. The Bertz CT molecular complexity index is 433. The number of methoxy groups -OCH3 is 1. The van der Waals surface area contributed by atoms with Crippen LogP contribution in [0.2, 0.25) is 0 Å². The van der Waals surface area contributed by atoms with Crippen LogP contribution in [-0.4, -0.2) is 44.1 Å². The van der Waals surface area contributed by atoms with Gasteiger partial charge in [-0.3, -0.25) is 4.79 Å². The molecule has 1 aliphatic rings. The molecule has 5 heteroatoms. The molecule has 0 saturated carbocycles. The van der Waals surface area contributed by atoms with Gasteiger partial charge in [-0.05, 0) is 12.1 Å². The van der Waals surface area contributed by atoms with Gasteiger partial charge in [0.25, 0.3) is 5.91 Å². The van der Waals surface area contributed by atoms with Gasteiger partial charge in [-0.1, -0.05) is 6.07 Å². The highest BCUT2D eigenvalue weighted by Crippen LogP contribution is 2.23. The molecule has 4 nitrogen and oxygen atoms in total. The molecule has 1 aliphatic heterocycles. The fourth-order valence-corrected chi connectivity index (χ4v) is 1.77. The molecule has 92 valence electrons. The lowest BCUT2D eigenvalue weighted by Crippen LogP contribution is -2.57. The van der Waals surface area contributed by atoms with Gasteiger partial charge in [0.2, 0.25) is 0 Å². The Balaban J connectivity index is 2.29. The number of carbonyl (C=O) groups excluding carboxylic acids is 1. The van der Waals surface area contributed by atoms with Crippen LogP contribution in [0.25, 0.3) is 0 Å². The quantitative estimate of drug-likeness (QED) is 0.850. The number of nitrogens with zero attached hydrogens (tertiary/aromatic N) is 1. The number of ether oxygens (including phenoxy) is 1. The lowest BCUT2D eigenvalue weighted by Gasteiger charge is -2.35. The van der Waals surface area contributed by atoms with Crippen LogP contribution in [0.3, 0.4) is 0 Å². The maximum atomic E-state index is 13.7. The fourth-order valence-electron chi connectivity index (χ4n) is 1.77. The van der Waals surface area contributed by atoms with Crippen LogP contribution in [0.4, 0.5) is 4.39 Å². The molecule has 0 atom stereocenters. The molecule has 0 unspecified atom stereocenters. The Labute approximate surface area is 99.4 Å². The largest absolute Gasteiger partial charge is 0.496 e. The zero-order valence-electron chi connectivity index (χ0n) is 9.87. The Hall–Kier alpha value is -1.62. The summed E-state index contributed by atoms with van der Waals surface area (Å²) < 4.78 is 18.7. The van der Waals surface area contributed by atoms with Crippen LogP contribution >= 0.6 is 0 Å². The maximum absolute atomic E-state index is 13.7. The molecular formula is C12H15FN2O2. The molecule has 0 radical (unpaired) electrons. The van der Waals surface area contributed by atoms with E-state index >= 15 is 0 Å². The second kappa shape index (κ2) is 4.71. The number of likely N-dealkylation sites (N-methyl/N-ethyl adjacent to an activating group) is 1. The first kappa shape index (κ1) is 11.9. The van der Waals surface area contributed by atoms with Gasteiger partial charge >= 0.3 is 0 Å². The van der Waals surface area contributed by atoms with Crippen molar-refractivity contribution in [2.45, 2.75) is 6.04 Å². The third-order valence-electron chi connectivity index (χ3n) is 3.04. The first-order chi connectivity index (χ1) is 8.15. The summed E-state index contributed by atoms with van der Waals surface area (Å²) in [5.41, 5.74) is 0.00407. The van der Waals surface area contributed by atoms with Crippen LogP contribution in [0.15, 0.2) is 18.2 Å². The molecule has 2 rings (SSSR count). The van der Waals surface area contributed by atoms with Crippen LogP contribution < -0.4 is 10.1 Å². The Kier molecular flexibility index (Phi) is 3.28. The second-order valence-corrected chi connectivity index (χ2v) is 4.05. The molecule has 17 heavy (non-hydrogen) atoms. The first-order valence-electron chi connectivity index (χ1n) is 5.45. The van der Waals surface area contributed by atoms with Gasteiger partial charge in [0.15, 0.2) is 0 Å². The van der Waals surface area contributed by atoms with Crippen molar-refractivity contribution in [1.82, 2.24) is 10.2 Å². The SMILES string of the molecule is COc1cccc(F)c1C(=O)N(C)C1CNC1. The van der Waals surface area contributed by atoms with E-state index < -0.39 is 5.82 Å². The molecule has 1 heterocycles. The van der Waals surface area contributed by atoms with Crippen molar-refractivity contribution in [1.29, 1.82) is 0 Å². The van der Waals surface area contributed by atoms with Gasteiger partial charge in [-0.2, -0.15) is 0 Å².